The van der Waals surface area contributed by atoms with Gasteiger partial charge in [0.15, 0.2) is 5.69 Å². The van der Waals surface area contributed by atoms with Crippen molar-refractivity contribution in [3.8, 4) is 0 Å². The maximum absolute atomic E-state index is 12.1. The number of aromatic nitrogens is 3. The van der Waals surface area contributed by atoms with Crippen LogP contribution in [0.15, 0.2) is 6.20 Å². The zero-order chi connectivity index (χ0) is 14.5. The summed E-state index contributed by atoms with van der Waals surface area (Å²) in [5.41, 5.74) is 0.245. The van der Waals surface area contributed by atoms with E-state index in [1.54, 1.807) is 10.9 Å². The molecule has 0 atom stereocenters. The summed E-state index contributed by atoms with van der Waals surface area (Å²) in [5.74, 6) is -0.804. The van der Waals surface area contributed by atoms with Crippen molar-refractivity contribution in [3.63, 3.8) is 0 Å². The van der Waals surface area contributed by atoms with E-state index in [9.17, 15) is 9.59 Å². The number of methoxy groups -OCH3 is 1. The fraction of sp³-hybridized carbons (Fsp3) is 0.667. The number of esters is 1. The molecule has 1 N–H and O–H groups in total. The minimum absolute atomic E-state index is 0.102. The summed E-state index contributed by atoms with van der Waals surface area (Å²) in [6, 6.07) is 0.274. The van der Waals surface area contributed by atoms with Gasteiger partial charge in [0.25, 0.3) is 5.91 Å². The lowest BCUT2D eigenvalue weighted by atomic mass is 10.1. The molecular weight excluding hydrogens is 262 g/mol. The second-order valence-electron chi connectivity index (χ2n) is 4.80. The molecule has 1 aliphatic heterocycles. The number of carbonyl (C=O) groups excluding carboxylic acids is 2. The SMILES string of the molecule is COC(=O)CN(C)C(=O)c1cn(C2CCNCC2)nn1. The Morgan fingerprint density at radius 3 is 2.85 bits per heavy atom. The average Bonchev–Trinajstić information content (AvgIpc) is 2.97. The Balaban J connectivity index is 2.00. The summed E-state index contributed by atoms with van der Waals surface area (Å²) in [7, 11) is 2.82. The smallest absolute Gasteiger partial charge is 0.325 e. The highest BCUT2D eigenvalue weighted by Gasteiger charge is 2.21. The molecule has 0 bridgehead atoms. The third-order valence-electron chi connectivity index (χ3n) is 3.35. The molecule has 2 rings (SSSR count). The summed E-state index contributed by atoms with van der Waals surface area (Å²) < 4.78 is 6.26. The van der Waals surface area contributed by atoms with E-state index in [1.807, 2.05) is 0 Å². The molecule has 0 unspecified atom stereocenters. The standard InChI is InChI=1S/C12H19N5O3/c1-16(8-11(18)20-2)12(19)10-7-17(15-14-10)9-3-5-13-6-4-9/h7,9,13H,3-6,8H2,1-2H3. The van der Waals surface area contributed by atoms with Gasteiger partial charge in [0.2, 0.25) is 0 Å². The van der Waals surface area contributed by atoms with Crippen LogP contribution in [0.5, 0.6) is 0 Å². The number of carbonyl (C=O) groups is 2. The first-order chi connectivity index (χ1) is 9.61. The first kappa shape index (κ1) is 14.4. The molecule has 20 heavy (non-hydrogen) atoms. The second-order valence-corrected chi connectivity index (χ2v) is 4.80. The van der Waals surface area contributed by atoms with Gasteiger partial charge in [-0.05, 0) is 25.9 Å². The first-order valence-corrected chi connectivity index (χ1v) is 6.56. The predicted octanol–water partition coefficient (Wildman–Crippen LogP) is -0.552. The molecule has 1 aliphatic rings. The number of hydrogen-bond acceptors (Lipinski definition) is 6. The van der Waals surface area contributed by atoms with Gasteiger partial charge >= 0.3 is 5.97 Å². The molecule has 110 valence electrons. The molecule has 8 nitrogen and oxygen atoms in total. The van der Waals surface area contributed by atoms with Crippen LogP contribution in [0.4, 0.5) is 0 Å². The molecule has 1 saturated heterocycles. The van der Waals surface area contributed by atoms with Crippen LogP contribution in [0, 0.1) is 0 Å². The Morgan fingerprint density at radius 1 is 1.50 bits per heavy atom. The Bertz CT molecular complexity index is 481. The number of nitrogens with zero attached hydrogens (tertiary/aromatic N) is 4. The summed E-state index contributed by atoms with van der Waals surface area (Å²) in [5, 5.41) is 11.2. The molecule has 1 fully saturated rings. The summed E-state index contributed by atoms with van der Waals surface area (Å²) in [6.45, 7) is 1.78. The molecule has 0 aliphatic carbocycles. The van der Waals surface area contributed by atoms with Crippen molar-refractivity contribution in [3.05, 3.63) is 11.9 Å². The van der Waals surface area contributed by atoms with E-state index < -0.39 is 5.97 Å². The number of hydrogen-bond donors (Lipinski definition) is 1. The molecule has 1 aromatic heterocycles. The number of nitrogens with one attached hydrogen (secondary N) is 1. The Kier molecular flexibility index (Phi) is 4.67. The maximum atomic E-state index is 12.1. The van der Waals surface area contributed by atoms with Crippen molar-refractivity contribution in [2.75, 3.05) is 33.8 Å². The van der Waals surface area contributed by atoms with Gasteiger partial charge in [-0.3, -0.25) is 9.59 Å². The summed E-state index contributed by atoms with van der Waals surface area (Å²) in [6.07, 6.45) is 3.58. The zero-order valence-electron chi connectivity index (χ0n) is 11.7. The highest BCUT2D eigenvalue weighted by atomic mass is 16.5. The van der Waals surface area contributed by atoms with Crippen LogP contribution in [0.25, 0.3) is 0 Å². The third-order valence-corrected chi connectivity index (χ3v) is 3.35. The maximum Gasteiger partial charge on any atom is 0.325 e. The second kappa shape index (κ2) is 6.47. The van der Waals surface area contributed by atoms with E-state index in [4.69, 9.17) is 0 Å². The molecule has 2 heterocycles. The minimum atomic E-state index is -0.466. The molecule has 0 radical (unpaired) electrons. The predicted molar refractivity (Wildman–Crippen MR) is 70.1 cm³/mol. The van der Waals surface area contributed by atoms with Gasteiger partial charge in [0.05, 0.1) is 19.3 Å². The van der Waals surface area contributed by atoms with Gasteiger partial charge in [-0.15, -0.1) is 5.10 Å². The molecule has 0 spiro atoms. The third kappa shape index (κ3) is 3.32. The molecule has 0 saturated carbocycles. The Hall–Kier alpha value is -1.96. The fourth-order valence-electron chi connectivity index (χ4n) is 2.15. The van der Waals surface area contributed by atoms with Gasteiger partial charge in [0, 0.05) is 7.05 Å². The van der Waals surface area contributed by atoms with Gasteiger partial charge in [0.1, 0.15) is 6.54 Å². The van der Waals surface area contributed by atoms with Crippen LogP contribution >= 0.6 is 0 Å². The van der Waals surface area contributed by atoms with Crippen molar-refractivity contribution in [1.29, 1.82) is 0 Å². The summed E-state index contributed by atoms with van der Waals surface area (Å²) >= 11 is 0. The van der Waals surface area contributed by atoms with E-state index >= 15 is 0 Å². The lowest BCUT2D eigenvalue weighted by Crippen LogP contribution is -2.33. The Labute approximate surface area is 117 Å². The zero-order valence-corrected chi connectivity index (χ0v) is 11.7. The Morgan fingerprint density at radius 2 is 2.20 bits per heavy atom. The van der Waals surface area contributed by atoms with Crippen LogP contribution in [0.1, 0.15) is 29.4 Å². The molecule has 8 heteroatoms. The van der Waals surface area contributed by atoms with E-state index in [-0.39, 0.29) is 24.2 Å². The van der Waals surface area contributed by atoms with Crippen molar-refractivity contribution in [1.82, 2.24) is 25.2 Å². The van der Waals surface area contributed by atoms with E-state index in [0.29, 0.717) is 0 Å². The van der Waals surface area contributed by atoms with Crippen LogP contribution in [0.2, 0.25) is 0 Å². The largest absolute Gasteiger partial charge is 0.468 e. The number of likely N-dealkylation sites (N-methyl/N-ethyl adjacent to an activating group) is 1. The van der Waals surface area contributed by atoms with Crippen LogP contribution in [-0.2, 0) is 9.53 Å². The van der Waals surface area contributed by atoms with Crippen molar-refractivity contribution >= 4 is 11.9 Å². The van der Waals surface area contributed by atoms with E-state index in [0.717, 1.165) is 25.9 Å². The molecule has 0 aromatic carbocycles. The average molecular weight is 281 g/mol. The number of amides is 1. The van der Waals surface area contributed by atoms with Gasteiger partial charge in [-0.25, -0.2) is 4.68 Å². The van der Waals surface area contributed by atoms with E-state index in [2.05, 4.69) is 20.4 Å². The number of piperidine rings is 1. The fourth-order valence-corrected chi connectivity index (χ4v) is 2.15. The van der Waals surface area contributed by atoms with E-state index in [1.165, 1.54) is 19.1 Å². The van der Waals surface area contributed by atoms with Crippen LogP contribution in [-0.4, -0.2) is 65.6 Å². The van der Waals surface area contributed by atoms with Gasteiger partial charge in [-0.2, -0.15) is 0 Å². The quantitative estimate of drug-likeness (QED) is 0.745. The first-order valence-electron chi connectivity index (χ1n) is 6.56. The number of rotatable bonds is 4. The highest BCUT2D eigenvalue weighted by Crippen LogP contribution is 2.17. The van der Waals surface area contributed by atoms with Crippen molar-refractivity contribution in [2.45, 2.75) is 18.9 Å². The van der Waals surface area contributed by atoms with Crippen LogP contribution < -0.4 is 5.32 Å². The van der Waals surface area contributed by atoms with Crippen LogP contribution in [0.3, 0.4) is 0 Å². The lowest BCUT2D eigenvalue weighted by molar-refractivity contribution is -0.141. The van der Waals surface area contributed by atoms with Gasteiger partial charge in [-0.1, -0.05) is 5.21 Å². The minimum Gasteiger partial charge on any atom is -0.468 e. The monoisotopic (exact) mass is 281 g/mol. The number of ether oxygens (including phenoxy) is 1. The normalized spacial score (nSPS) is 15.9. The summed E-state index contributed by atoms with van der Waals surface area (Å²) in [4.78, 5) is 24.5. The molecule has 1 amide bonds. The topological polar surface area (TPSA) is 89.4 Å². The highest BCUT2D eigenvalue weighted by molar-refractivity contribution is 5.93. The molecular formula is C12H19N5O3. The lowest BCUT2D eigenvalue weighted by Gasteiger charge is -2.22. The molecule has 1 aromatic rings. The van der Waals surface area contributed by atoms with Crippen molar-refractivity contribution < 1.29 is 14.3 Å². The van der Waals surface area contributed by atoms with Crippen molar-refractivity contribution in [2.24, 2.45) is 0 Å². The van der Waals surface area contributed by atoms with Gasteiger partial charge < -0.3 is 15.0 Å².